The number of non-ortho nitro benzene ring substituents is 1. The van der Waals surface area contributed by atoms with Gasteiger partial charge in [0.2, 0.25) is 11.8 Å². The minimum absolute atomic E-state index is 0.0320. The second-order valence-electron chi connectivity index (χ2n) is 11.4. The van der Waals surface area contributed by atoms with Crippen LogP contribution in [0.3, 0.4) is 0 Å². The molecule has 1 aliphatic rings. The number of nitrogens with zero attached hydrogens (tertiary/aromatic N) is 3. The van der Waals surface area contributed by atoms with E-state index in [4.69, 9.17) is 0 Å². The molecule has 0 spiro atoms. The molecule has 0 aromatic heterocycles. The molecule has 1 unspecified atom stereocenters. The van der Waals surface area contributed by atoms with E-state index in [2.05, 4.69) is 5.32 Å². The number of hydrogen-bond donors (Lipinski definition) is 1. The molecule has 12 heteroatoms. The van der Waals surface area contributed by atoms with Crippen LogP contribution in [0.25, 0.3) is 0 Å². The maximum Gasteiger partial charge on any atom is 0.269 e. The molecule has 1 atom stereocenters. The van der Waals surface area contributed by atoms with Crippen molar-refractivity contribution < 1.29 is 27.3 Å². The number of halogens is 1. The number of amides is 2. The number of nitro groups is 1. The summed E-state index contributed by atoms with van der Waals surface area (Å²) in [6.45, 7) is -0.813. The maximum atomic E-state index is 14.5. The fraction of sp³-hybridized carbons (Fsp3) is 0.257. The van der Waals surface area contributed by atoms with Gasteiger partial charge < -0.3 is 10.2 Å². The zero-order valence-electron chi connectivity index (χ0n) is 25.6. The first kappa shape index (κ1) is 33.3. The van der Waals surface area contributed by atoms with E-state index in [0.29, 0.717) is 5.56 Å². The van der Waals surface area contributed by atoms with Crippen LogP contribution in [0.2, 0.25) is 0 Å². The van der Waals surface area contributed by atoms with Crippen molar-refractivity contribution in [3.05, 3.63) is 136 Å². The van der Waals surface area contributed by atoms with E-state index in [1.165, 1.54) is 53.4 Å². The molecule has 0 bridgehead atoms. The van der Waals surface area contributed by atoms with Crippen LogP contribution in [0.5, 0.6) is 0 Å². The van der Waals surface area contributed by atoms with Gasteiger partial charge in [0.1, 0.15) is 18.4 Å². The summed E-state index contributed by atoms with van der Waals surface area (Å²) >= 11 is 0. The lowest BCUT2D eigenvalue weighted by atomic mass is 10.0. The number of nitrogens with one attached hydrogen (secondary N) is 1. The van der Waals surface area contributed by atoms with Gasteiger partial charge in [-0.1, -0.05) is 73.5 Å². The SMILES string of the molecule is O=C(NC1CCCC1)C(Cc1ccccc1)N(Cc1ccc(F)cc1)C(=O)CN(c1ccc([N+](=O)[O-])cc1)S(=O)(=O)c1ccccc1. The summed E-state index contributed by atoms with van der Waals surface area (Å²) in [5.41, 5.74) is 1.12. The maximum absolute atomic E-state index is 14.5. The van der Waals surface area contributed by atoms with E-state index in [9.17, 15) is 32.5 Å². The van der Waals surface area contributed by atoms with Crippen molar-refractivity contribution in [2.45, 2.75) is 55.6 Å². The fourth-order valence-corrected chi connectivity index (χ4v) is 7.13. The van der Waals surface area contributed by atoms with Crippen molar-refractivity contribution >= 4 is 33.2 Å². The first-order valence-corrected chi connectivity index (χ1v) is 16.8. The number of hydrogen-bond acceptors (Lipinski definition) is 6. The predicted octanol–water partition coefficient (Wildman–Crippen LogP) is 5.63. The predicted molar refractivity (Wildman–Crippen MR) is 175 cm³/mol. The molecule has 1 N–H and O–H groups in total. The zero-order chi connectivity index (χ0) is 33.4. The van der Waals surface area contributed by atoms with Gasteiger partial charge in [0.05, 0.1) is 15.5 Å². The lowest BCUT2D eigenvalue weighted by Crippen LogP contribution is -2.54. The summed E-state index contributed by atoms with van der Waals surface area (Å²) in [7, 11) is -4.35. The molecule has 47 heavy (non-hydrogen) atoms. The largest absolute Gasteiger partial charge is 0.352 e. The van der Waals surface area contributed by atoms with Gasteiger partial charge >= 0.3 is 0 Å². The number of anilines is 1. The molecule has 4 aromatic rings. The van der Waals surface area contributed by atoms with Crippen molar-refractivity contribution in [2.75, 3.05) is 10.8 Å². The van der Waals surface area contributed by atoms with Crippen LogP contribution in [-0.4, -0.2) is 48.7 Å². The second-order valence-corrected chi connectivity index (χ2v) is 13.3. The van der Waals surface area contributed by atoms with Crippen molar-refractivity contribution in [3.63, 3.8) is 0 Å². The van der Waals surface area contributed by atoms with Crippen LogP contribution < -0.4 is 9.62 Å². The normalized spacial score (nSPS) is 13.9. The summed E-state index contributed by atoms with van der Waals surface area (Å²) in [5, 5.41) is 14.4. The number of carbonyl (C=O) groups excluding carboxylic acids is 2. The third-order valence-electron chi connectivity index (χ3n) is 8.20. The number of rotatable bonds is 13. The van der Waals surface area contributed by atoms with Gasteiger partial charge in [-0.25, -0.2) is 12.8 Å². The zero-order valence-corrected chi connectivity index (χ0v) is 26.4. The standard InChI is InChI=1S/C35H35FN4O6S/c36-28-17-15-27(16-18-28)24-38(33(23-26-9-3-1-4-10-26)35(42)37-29-11-7-8-12-29)34(41)25-39(30-19-21-31(22-20-30)40(43)44)47(45,46)32-13-5-2-6-14-32/h1-6,9-10,13-22,29,33H,7-8,11-12,23-25H2,(H,37,42). The number of carbonyl (C=O) groups is 2. The molecule has 5 rings (SSSR count). The first-order chi connectivity index (χ1) is 22.6. The highest BCUT2D eigenvalue weighted by molar-refractivity contribution is 7.92. The highest BCUT2D eigenvalue weighted by Crippen LogP contribution is 2.27. The van der Waals surface area contributed by atoms with Crippen molar-refractivity contribution in [2.24, 2.45) is 0 Å². The van der Waals surface area contributed by atoms with Crippen LogP contribution in [0, 0.1) is 15.9 Å². The third kappa shape index (κ3) is 8.39. The molecular formula is C35H35FN4O6S. The summed E-state index contributed by atoms with van der Waals surface area (Å²) in [6, 6.07) is 26.1. The Morgan fingerprint density at radius 2 is 1.45 bits per heavy atom. The summed E-state index contributed by atoms with van der Waals surface area (Å²) in [6.07, 6.45) is 3.75. The summed E-state index contributed by atoms with van der Waals surface area (Å²) < 4.78 is 42.8. The molecule has 0 aliphatic heterocycles. The molecule has 0 heterocycles. The van der Waals surface area contributed by atoms with E-state index < -0.39 is 39.3 Å². The van der Waals surface area contributed by atoms with Crippen LogP contribution in [-0.2, 0) is 32.6 Å². The van der Waals surface area contributed by atoms with E-state index in [-0.39, 0.29) is 41.2 Å². The molecule has 1 aliphatic carbocycles. The average molecular weight is 659 g/mol. The summed E-state index contributed by atoms with van der Waals surface area (Å²) in [5.74, 6) is -1.52. The van der Waals surface area contributed by atoms with Crippen LogP contribution in [0.1, 0.15) is 36.8 Å². The second kappa shape index (κ2) is 15.0. The highest BCUT2D eigenvalue weighted by Gasteiger charge is 2.35. The summed E-state index contributed by atoms with van der Waals surface area (Å²) in [4.78, 5) is 40.5. The monoisotopic (exact) mass is 658 g/mol. The van der Waals surface area contributed by atoms with Crippen molar-refractivity contribution in [1.82, 2.24) is 10.2 Å². The lowest BCUT2D eigenvalue weighted by molar-refractivity contribution is -0.384. The van der Waals surface area contributed by atoms with Crippen molar-refractivity contribution in [3.8, 4) is 0 Å². The Labute approximate surface area is 273 Å². The van der Waals surface area contributed by atoms with Gasteiger partial charge in [-0.3, -0.25) is 24.0 Å². The minimum Gasteiger partial charge on any atom is -0.352 e. The molecule has 1 saturated carbocycles. The molecule has 10 nitrogen and oxygen atoms in total. The van der Waals surface area contributed by atoms with Gasteiger partial charge in [0.25, 0.3) is 15.7 Å². The number of sulfonamides is 1. The third-order valence-corrected chi connectivity index (χ3v) is 9.99. The van der Waals surface area contributed by atoms with Gasteiger partial charge in [-0.15, -0.1) is 0 Å². The van der Waals surface area contributed by atoms with Crippen LogP contribution in [0.15, 0.2) is 114 Å². The van der Waals surface area contributed by atoms with Crippen LogP contribution >= 0.6 is 0 Å². The Kier molecular flexibility index (Phi) is 10.6. The molecule has 0 radical (unpaired) electrons. The van der Waals surface area contributed by atoms with Crippen molar-refractivity contribution in [1.29, 1.82) is 0 Å². The molecule has 4 aromatic carbocycles. The highest BCUT2D eigenvalue weighted by atomic mass is 32.2. The Hall–Kier alpha value is -5.10. The molecule has 0 saturated heterocycles. The molecule has 2 amide bonds. The molecular weight excluding hydrogens is 623 g/mol. The Balaban J connectivity index is 1.56. The number of nitro benzene ring substituents is 1. The quantitative estimate of drug-likeness (QED) is 0.147. The fourth-order valence-electron chi connectivity index (χ4n) is 5.70. The average Bonchev–Trinajstić information content (AvgIpc) is 3.60. The van der Waals surface area contributed by atoms with Gasteiger partial charge in [-0.05, 0) is 60.4 Å². The van der Waals surface area contributed by atoms with E-state index >= 15 is 0 Å². The number of benzene rings is 4. The smallest absolute Gasteiger partial charge is 0.269 e. The van der Waals surface area contributed by atoms with E-state index in [1.54, 1.807) is 18.2 Å². The van der Waals surface area contributed by atoms with Gasteiger partial charge in [0, 0.05) is 31.1 Å². The van der Waals surface area contributed by atoms with Crippen LogP contribution in [0.4, 0.5) is 15.8 Å². The Morgan fingerprint density at radius 3 is 2.04 bits per heavy atom. The lowest BCUT2D eigenvalue weighted by Gasteiger charge is -2.34. The Bertz CT molecular complexity index is 1780. The van der Waals surface area contributed by atoms with Gasteiger partial charge in [-0.2, -0.15) is 0 Å². The van der Waals surface area contributed by atoms with E-state index in [1.807, 2.05) is 30.3 Å². The van der Waals surface area contributed by atoms with Gasteiger partial charge in [0.15, 0.2) is 0 Å². The molecule has 244 valence electrons. The first-order valence-electron chi connectivity index (χ1n) is 15.3. The minimum atomic E-state index is -4.35. The molecule has 1 fully saturated rings. The van der Waals surface area contributed by atoms with E-state index in [0.717, 1.165) is 47.7 Å². The topological polar surface area (TPSA) is 130 Å². The Morgan fingerprint density at radius 1 is 0.851 bits per heavy atom.